The van der Waals surface area contributed by atoms with Crippen molar-refractivity contribution in [1.29, 1.82) is 0 Å². The highest BCUT2D eigenvalue weighted by atomic mass is 32.1. The number of thiol groups is 1. The molecule has 0 spiro atoms. The lowest BCUT2D eigenvalue weighted by atomic mass is 9.87. The first-order chi connectivity index (χ1) is 4.41. The van der Waals surface area contributed by atoms with Crippen molar-refractivity contribution in [3.8, 4) is 0 Å². The molecule has 10 heavy (non-hydrogen) atoms. The van der Waals surface area contributed by atoms with Gasteiger partial charge in [-0.3, -0.25) is 0 Å². The molecule has 0 nitrogen and oxygen atoms in total. The van der Waals surface area contributed by atoms with E-state index in [0.717, 1.165) is 6.42 Å². The molecule has 2 atom stereocenters. The first-order valence-electron chi connectivity index (χ1n) is 3.79. The average molecular weight is 158 g/mol. The van der Waals surface area contributed by atoms with E-state index in [1.165, 1.54) is 5.57 Å². The third-order valence-electron chi connectivity index (χ3n) is 2.39. The van der Waals surface area contributed by atoms with Gasteiger partial charge in [0.2, 0.25) is 0 Å². The third kappa shape index (κ3) is 2.37. The van der Waals surface area contributed by atoms with E-state index >= 15 is 0 Å². The van der Waals surface area contributed by atoms with E-state index in [0.29, 0.717) is 5.92 Å². The Bertz CT molecular complexity index is 125. The second kappa shape index (κ2) is 3.47. The van der Waals surface area contributed by atoms with E-state index in [1.54, 1.807) is 0 Å². The van der Waals surface area contributed by atoms with Gasteiger partial charge in [-0.15, -0.1) is 0 Å². The number of rotatable bonds is 3. The van der Waals surface area contributed by atoms with Crippen molar-refractivity contribution in [1.82, 2.24) is 0 Å². The molecule has 0 rings (SSSR count). The molecule has 0 saturated carbocycles. The lowest BCUT2D eigenvalue weighted by Crippen LogP contribution is -2.25. The molecule has 0 aromatic carbocycles. The van der Waals surface area contributed by atoms with Crippen LogP contribution in [-0.2, 0) is 0 Å². The van der Waals surface area contributed by atoms with Crippen LogP contribution < -0.4 is 0 Å². The molecule has 2 unspecified atom stereocenters. The monoisotopic (exact) mass is 158 g/mol. The summed E-state index contributed by atoms with van der Waals surface area (Å²) in [5, 5.41) is 0. The van der Waals surface area contributed by atoms with Crippen LogP contribution in [0.25, 0.3) is 0 Å². The lowest BCUT2D eigenvalue weighted by molar-refractivity contribution is 0.481. The lowest BCUT2D eigenvalue weighted by Gasteiger charge is -2.29. The molecular formula is C9H18S. The Labute approximate surface area is 70.1 Å². The fraction of sp³-hybridized carbons (Fsp3) is 0.778. The second-order valence-electron chi connectivity index (χ2n) is 3.28. The maximum atomic E-state index is 4.56. The molecule has 0 fully saturated rings. The SMILES string of the molecule is C=C(C)C(C)C(C)(S)CC. The molecule has 0 bridgehead atoms. The van der Waals surface area contributed by atoms with Crippen molar-refractivity contribution in [2.45, 2.75) is 38.9 Å². The molecular weight excluding hydrogens is 140 g/mol. The van der Waals surface area contributed by atoms with Crippen LogP contribution in [0.5, 0.6) is 0 Å². The van der Waals surface area contributed by atoms with Gasteiger partial charge >= 0.3 is 0 Å². The highest BCUT2D eigenvalue weighted by Gasteiger charge is 2.24. The van der Waals surface area contributed by atoms with Crippen molar-refractivity contribution >= 4 is 12.6 Å². The van der Waals surface area contributed by atoms with Crippen molar-refractivity contribution in [2.75, 3.05) is 0 Å². The van der Waals surface area contributed by atoms with Crippen LogP contribution >= 0.6 is 12.6 Å². The molecule has 0 aromatic heterocycles. The van der Waals surface area contributed by atoms with Crippen LogP contribution in [0, 0.1) is 5.92 Å². The Morgan fingerprint density at radius 2 is 2.10 bits per heavy atom. The van der Waals surface area contributed by atoms with Crippen molar-refractivity contribution in [3.05, 3.63) is 12.2 Å². The first kappa shape index (κ1) is 10.1. The quantitative estimate of drug-likeness (QED) is 0.473. The molecule has 0 aliphatic carbocycles. The zero-order valence-corrected chi connectivity index (χ0v) is 8.33. The molecule has 0 aliphatic heterocycles. The maximum Gasteiger partial charge on any atom is 0.0161 e. The average Bonchev–Trinajstić information content (AvgIpc) is 1.86. The predicted molar refractivity (Wildman–Crippen MR) is 51.7 cm³/mol. The Hall–Kier alpha value is 0.0900. The van der Waals surface area contributed by atoms with Gasteiger partial charge in [-0.1, -0.05) is 32.9 Å². The van der Waals surface area contributed by atoms with E-state index in [-0.39, 0.29) is 4.75 Å². The van der Waals surface area contributed by atoms with E-state index in [1.807, 2.05) is 0 Å². The van der Waals surface area contributed by atoms with Gasteiger partial charge in [-0.25, -0.2) is 0 Å². The second-order valence-corrected chi connectivity index (χ2v) is 4.30. The van der Waals surface area contributed by atoms with Crippen molar-refractivity contribution < 1.29 is 0 Å². The van der Waals surface area contributed by atoms with E-state index < -0.39 is 0 Å². The summed E-state index contributed by atoms with van der Waals surface area (Å²) in [5.41, 5.74) is 1.22. The Morgan fingerprint density at radius 3 is 2.20 bits per heavy atom. The predicted octanol–water partition coefficient (Wildman–Crippen LogP) is 3.30. The van der Waals surface area contributed by atoms with Gasteiger partial charge in [0.25, 0.3) is 0 Å². The molecule has 0 heterocycles. The van der Waals surface area contributed by atoms with E-state index in [9.17, 15) is 0 Å². The highest BCUT2D eigenvalue weighted by molar-refractivity contribution is 7.81. The van der Waals surface area contributed by atoms with Crippen LogP contribution in [0.2, 0.25) is 0 Å². The van der Waals surface area contributed by atoms with Gasteiger partial charge in [-0.05, 0) is 19.3 Å². The van der Waals surface area contributed by atoms with Gasteiger partial charge in [-0.2, -0.15) is 12.6 Å². The van der Waals surface area contributed by atoms with Gasteiger partial charge in [0.05, 0.1) is 0 Å². The van der Waals surface area contributed by atoms with Crippen LogP contribution in [0.15, 0.2) is 12.2 Å². The minimum atomic E-state index is 0.117. The topological polar surface area (TPSA) is 0 Å². The summed E-state index contributed by atoms with van der Waals surface area (Å²) >= 11 is 4.56. The Kier molecular flexibility index (Phi) is 3.50. The number of hydrogen-bond donors (Lipinski definition) is 1. The van der Waals surface area contributed by atoms with Gasteiger partial charge in [0.15, 0.2) is 0 Å². The summed E-state index contributed by atoms with van der Waals surface area (Å²) in [6.45, 7) is 12.5. The summed E-state index contributed by atoms with van der Waals surface area (Å²) in [5.74, 6) is 0.501. The van der Waals surface area contributed by atoms with Crippen molar-refractivity contribution in [2.24, 2.45) is 5.92 Å². The summed E-state index contributed by atoms with van der Waals surface area (Å²) in [6.07, 6.45) is 1.09. The van der Waals surface area contributed by atoms with Crippen LogP contribution in [0.4, 0.5) is 0 Å². The largest absolute Gasteiger partial charge is 0.172 e. The summed E-state index contributed by atoms with van der Waals surface area (Å²) in [6, 6.07) is 0. The normalized spacial score (nSPS) is 19.7. The van der Waals surface area contributed by atoms with Gasteiger partial charge < -0.3 is 0 Å². The molecule has 1 heteroatoms. The van der Waals surface area contributed by atoms with Crippen LogP contribution in [-0.4, -0.2) is 4.75 Å². The van der Waals surface area contributed by atoms with Gasteiger partial charge in [0, 0.05) is 4.75 Å². The summed E-state index contributed by atoms with van der Waals surface area (Å²) < 4.78 is 0.117. The highest BCUT2D eigenvalue weighted by Crippen LogP contribution is 2.31. The van der Waals surface area contributed by atoms with Crippen LogP contribution in [0.3, 0.4) is 0 Å². The molecule has 0 aromatic rings. The van der Waals surface area contributed by atoms with E-state index in [4.69, 9.17) is 0 Å². The summed E-state index contributed by atoms with van der Waals surface area (Å²) in [4.78, 5) is 0. The molecule has 0 saturated heterocycles. The first-order valence-corrected chi connectivity index (χ1v) is 4.24. The Balaban J connectivity index is 4.17. The fourth-order valence-electron chi connectivity index (χ4n) is 0.837. The molecule has 0 radical (unpaired) electrons. The van der Waals surface area contributed by atoms with E-state index in [2.05, 4.69) is 46.9 Å². The molecule has 0 aliphatic rings. The molecule has 0 N–H and O–H groups in total. The standard InChI is InChI=1S/C9H18S/c1-6-9(5,10)8(4)7(2)3/h8,10H,2,6H2,1,3-5H3. The zero-order valence-electron chi connectivity index (χ0n) is 7.44. The maximum absolute atomic E-state index is 4.56. The molecule has 0 amide bonds. The smallest absolute Gasteiger partial charge is 0.0161 e. The fourth-order valence-corrected chi connectivity index (χ4v) is 1.06. The van der Waals surface area contributed by atoms with Crippen LogP contribution in [0.1, 0.15) is 34.1 Å². The third-order valence-corrected chi connectivity index (χ3v) is 3.09. The molecule has 60 valence electrons. The van der Waals surface area contributed by atoms with Crippen molar-refractivity contribution in [3.63, 3.8) is 0 Å². The zero-order chi connectivity index (χ0) is 8.36. The number of allylic oxidation sites excluding steroid dienone is 1. The minimum Gasteiger partial charge on any atom is -0.172 e. The minimum absolute atomic E-state index is 0.117. The Morgan fingerprint density at radius 1 is 1.70 bits per heavy atom. The number of hydrogen-bond acceptors (Lipinski definition) is 1. The summed E-state index contributed by atoms with van der Waals surface area (Å²) in [7, 11) is 0. The van der Waals surface area contributed by atoms with Gasteiger partial charge in [0.1, 0.15) is 0 Å².